The zero-order valence-electron chi connectivity index (χ0n) is 12.7. The molecule has 3 heteroatoms. The Hall–Kier alpha value is -1.84. The number of likely N-dealkylation sites (N-methyl/N-ethyl adjacent to an activating group) is 1. The summed E-state index contributed by atoms with van der Waals surface area (Å²) in [5.74, 6) is 0.359. The lowest BCUT2D eigenvalue weighted by Gasteiger charge is -2.39. The summed E-state index contributed by atoms with van der Waals surface area (Å²) in [6.07, 6.45) is 0. The zero-order valence-corrected chi connectivity index (χ0v) is 12.7. The van der Waals surface area contributed by atoms with Crippen LogP contribution in [0.1, 0.15) is 34.2 Å². The van der Waals surface area contributed by atoms with Gasteiger partial charge in [-0.05, 0) is 48.4 Å². The highest BCUT2D eigenvalue weighted by atomic mass is 15.1. The predicted molar refractivity (Wildman–Crippen MR) is 88.3 cm³/mol. The molecule has 0 saturated heterocycles. The van der Waals surface area contributed by atoms with Crippen LogP contribution in [-0.4, -0.2) is 25.0 Å². The molecule has 1 heterocycles. The van der Waals surface area contributed by atoms with Gasteiger partial charge in [-0.25, -0.2) is 0 Å². The number of anilines is 1. The largest absolute Gasteiger partial charge is 0.399 e. The van der Waals surface area contributed by atoms with Gasteiger partial charge < -0.3 is 11.5 Å². The van der Waals surface area contributed by atoms with E-state index >= 15 is 0 Å². The van der Waals surface area contributed by atoms with Crippen LogP contribution < -0.4 is 11.5 Å². The molecule has 3 rings (SSSR count). The lowest BCUT2D eigenvalue weighted by molar-refractivity contribution is 0.223. The highest BCUT2D eigenvalue weighted by Crippen LogP contribution is 2.40. The Kier molecular flexibility index (Phi) is 3.70. The van der Waals surface area contributed by atoms with Crippen molar-refractivity contribution in [3.63, 3.8) is 0 Å². The Morgan fingerprint density at radius 3 is 2.67 bits per heavy atom. The van der Waals surface area contributed by atoms with Crippen molar-refractivity contribution < 1.29 is 0 Å². The molecule has 1 aliphatic heterocycles. The van der Waals surface area contributed by atoms with E-state index in [-0.39, 0.29) is 0 Å². The molecule has 0 aromatic heterocycles. The summed E-state index contributed by atoms with van der Waals surface area (Å²) in [6, 6.07) is 15.1. The highest BCUT2D eigenvalue weighted by molar-refractivity contribution is 5.50. The number of benzene rings is 2. The predicted octanol–water partition coefficient (Wildman–Crippen LogP) is 2.65. The van der Waals surface area contributed by atoms with Gasteiger partial charge >= 0.3 is 0 Å². The molecule has 0 amide bonds. The second-order valence-corrected chi connectivity index (χ2v) is 5.99. The molecule has 2 atom stereocenters. The molecule has 21 heavy (non-hydrogen) atoms. The van der Waals surface area contributed by atoms with Crippen LogP contribution in [0.4, 0.5) is 5.69 Å². The maximum atomic E-state index is 6.01. The second kappa shape index (κ2) is 5.51. The summed E-state index contributed by atoms with van der Waals surface area (Å²) in [5, 5.41) is 0. The molecule has 0 bridgehead atoms. The molecule has 3 nitrogen and oxygen atoms in total. The fourth-order valence-electron chi connectivity index (χ4n) is 3.57. The van der Waals surface area contributed by atoms with Crippen molar-refractivity contribution in [3.8, 4) is 0 Å². The minimum Gasteiger partial charge on any atom is -0.399 e. The summed E-state index contributed by atoms with van der Waals surface area (Å²) >= 11 is 0. The van der Waals surface area contributed by atoms with Gasteiger partial charge in [-0.3, -0.25) is 4.90 Å². The van der Waals surface area contributed by atoms with Crippen molar-refractivity contribution in [2.24, 2.45) is 5.73 Å². The van der Waals surface area contributed by atoms with Gasteiger partial charge in [0.1, 0.15) is 0 Å². The molecule has 2 aromatic carbocycles. The number of hydrogen-bond acceptors (Lipinski definition) is 3. The van der Waals surface area contributed by atoms with Crippen molar-refractivity contribution in [1.29, 1.82) is 0 Å². The fourth-order valence-corrected chi connectivity index (χ4v) is 3.57. The van der Waals surface area contributed by atoms with Crippen LogP contribution in [0.15, 0.2) is 42.5 Å². The maximum Gasteiger partial charge on any atom is 0.0470 e. The topological polar surface area (TPSA) is 55.3 Å². The molecule has 0 aliphatic carbocycles. The van der Waals surface area contributed by atoms with Crippen molar-refractivity contribution in [1.82, 2.24) is 4.90 Å². The Morgan fingerprint density at radius 2 is 1.95 bits per heavy atom. The van der Waals surface area contributed by atoms with Crippen molar-refractivity contribution >= 4 is 5.69 Å². The molecule has 2 aromatic rings. The van der Waals surface area contributed by atoms with E-state index in [1.165, 1.54) is 22.3 Å². The van der Waals surface area contributed by atoms with Crippen LogP contribution in [0.5, 0.6) is 0 Å². The molecular weight excluding hydrogens is 258 g/mol. The summed E-state index contributed by atoms with van der Waals surface area (Å²) < 4.78 is 0. The molecule has 4 N–H and O–H groups in total. The van der Waals surface area contributed by atoms with Crippen molar-refractivity contribution in [2.75, 3.05) is 25.9 Å². The van der Waals surface area contributed by atoms with Gasteiger partial charge in [-0.1, -0.05) is 30.3 Å². The van der Waals surface area contributed by atoms with Crippen LogP contribution in [0.2, 0.25) is 0 Å². The van der Waals surface area contributed by atoms with Crippen LogP contribution in [0.25, 0.3) is 0 Å². The number of fused-ring (bicyclic) bond motifs is 1. The van der Waals surface area contributed by atoms with E-state index in [0.29, 0.717) is 18.5 Å². The molecule has 0 radical (unpaired) electrons. The molecular formula is C18H23N3. The van der Waals surface area contributed by atoms with E-state index in [9.17, 15) is 0 Å². The third-order valence-corrected chi connectivity index (χ3v) is 4.60. The van der Waals surface area contributed by atoms with Gasteiger partial charge in [0, 0.05) is 30.7 Å². The Labute approximate surface area is 126 Å². The van der Waals surface area contributed by atoms with Gasteiger partial charge in [0.2, 0.25) is 0 Å². The van der Waals surface area contributed by atoms with E-state index in [0.717, 1.165) is 12.2 Å². The minimum absolute atomic E-state index is 0.303. The van der Waals surface area contributed by atoms with Gasteiger partial charge in [0.05, 0.1) is 0 Å². The maximum absolute atomic E-state index is 6.01. The van der Waals surface area contributed by atoms with Crippen molar-refractivity contribution in [3.05, 3.63) is 64.7 Å². The van der Waals surface area contributed by atoms with Gasteiger partial charge in [0.25, 0.3) is 0 Å². The number of rotatable bonds is 2. The average molecular weight is 281 g/mol. The van der Waals surface area contributed by atoms with Crippen LogP contribution in [0.3, 0.4) is 0 Å². The van der Waals surface area contributed by atoms with E-state index in [2.05, 4.69) is 49.2 Å². The van der Waals surface area contributed by atoms with Crippen LogP contribution in [0, 0.1) is 6.92 Å². The Bertz CT molecular complexity index is 651. The quantitative estimate of drug-likeness (QED) is 0.832. The molecule has 0 saturated carbocycles. The molecule has 110 valence electrons. The summed E-state index contributed by atoms with van der Waals surface area (Å²) in [6.45, 7) is 3.82. The van der Waals surface area contributed by atoms with Gasteiger partial charge in [-0.2, -0.15) is 0 Å². The summed E-state index contributed by atoms with van der Waals surface area (Å²) in [4.78, 5) is 2.36. The van der Waals surface area contributed by atoms with Crippen LogP contribution in [-0.2, 0) is 0 Å². The lowest BCUT2D eigenvalue weighted by atomic mass is 9.79. The monoisotopic (exact) mass is 281 g/mol. The second-order valence-electron chi connectivity index (χ2n) is 5.99. The first-order valence-electron chi connectivity index (χ1n) is 7.47. The number of hydrogen-bond donors (Lipinski definition) is 2. The number of aryl methyl sites for hydroxylation is 1. The van der Waals surface area contributed by atoms with E-state index in [1.54, 1.807) is 0 Å². The number of nitrogens with two attached hydrogens (primary N) is 2. The van der Waals surface area contributed by atoms with E-state index in [4.69, 9.17) is 11.5 Å². The first-order chi connectivity index (χ1) is 10.1. The minimum atomic E-state index is 0.303. The summed E-state index contributed by atoms with van der Waals surface area (Å²) in [5.41, 5.74) is 18.2. The number of nitrogen functional groups attached to an aromatic ring is 1. The molecule has 0 spiro atoms. The SMILES string of the molecule is Cc1cccc2c1C(c1cccc(N)c1)CN(C)C2CN. The first-order valence-corrected chi connectivity index (χ1v) is 7.47. The van der Waals surface area contributed by atoms with Crippen LogP contribution >= 0.6 is 0 Å². The third kappa shape index (κ3) is 2.43. The van der Waals surface area contributed by atoms with E-state index in [1.807, 2.05) is 12.1 Å². The standard InChI is InChI=1S/C18H23N3/c1-12-5-3-8-15-17(10-19)21(2)11-16(18(12)15)13-6-4-7-14(20)9-13/h3-9,16-17H,10-11,19-20H2,1-2H3. The molecule has 0 fully saturated rings. The Morgan fingerprint density at radius 1 is 1.19 bits per heavy atom. The smallest absolute Gasteiger partial charge is 0.0470 e. The average Bonchev–Trinajstić information content (AvgIpc) is 2.46. The van der Waals surface area contributed by atoms with E-state index < -0.39 is 0 Å². The molecule has 2 unspecified atom stereocenters. The fraction of sp³-hybridized carbons (Fsp3) is 0.333. The summed E-state index contributed by atoms with van der Waals surface area (Å²) in [7, 11) is 2.15. The van der Waals surface area contributed by atoms with Gasteiger partial charge in [0.15, 0.2) is 0 Å². The highest BCUT2D eigenvalue weighted by Gasteiger charge is 2.32. The normalized spacial score (nSPS) is 22.0. The third-order valence-electron chi connectivity index (χ3n) is 4.60. The first kappa shape index (κ1) is 14.1. The zero-order chi connectivity index (χ0) is 15.0. The lowest BCUT2D eigenvalue weighted by Crippen LogP contribution is -2.39. The van der Waals surface area contributed by atoms with Gasteiger partial charge in [-0.15, -0.1) is 0 Å². The van der Waals surface area contributed by atoms with Crippen molar-refractivity contribution in [2.45, 2.75) is 18.9 Å². The Balaban J connectivity index is 2.15. The number of nitrogens with zero attached hydrogens (tertiary/aromatic N) is 1. The molecule has 1 aliphatic rings.